The van der Waals surface area contributed by atoms with E-state index in [0.29, 0.717) is 18.6 Å². The SMILES string of the molecule is O=C(COCC1CC1)N1CCN(S(=O)(=O)c2cc(F)ccc2F)CC1. The number of carbonyl (C=O) groups excluding carboxylic acids is 1. The summed E-state index contributed by atoms with van der Waals surface area (Å²) in [5.41, 5.74) is 0. The molecule has 1 heterocycles. The van der Waals surface area contributed by atoms with Crippen molar-refractivity contribution in [2.24, 2.45) is 5.92 Å². The molecule has 0 aromatic heterocycles. The molecule has 2 fully saturated rings. The van der Waals surface area contributed by atoms with Crippen molar-refractivity contribution in [3.8, 4) is 0 Å². The van der Waals surface area contributed by atoms with E-state index in [2.05, 4.69) is 0 Å². The van der Waals surface area contributed by atoms with Gasteiger partial charge in [0.15, 0.2) is 0 Å². The number of sulfonamides is 1. The average Bonchev–Trinajstić information content (AvgIpc) is 3.41. The van der Waals surface area contributed by atoms with E-state index in [1.807, 2.05) is 0 Å². The smallest absolute Gasteiger partial charge is 0.248 e. The van der Waals surface area contributed by atoms with Crippen LogP contribution in [0.1, 0.15) is 12.8 Å². The number of rotatable bonds is 6. The molecule has 1 saturated carbocycles. The molecule has 2 aliphatic rings. The maximum Gasteiger partial charge on any atom is 0.248 e. The number of piperazine rings is 1. The van der Waals surface area contributed by atoms with E-state index in [0.717, 1.165) is 29.3 Å². The molecule has 6 nitrogen and oxygen atoms in total. The highest BCUT2D eigenvalue weighted by Crippen LogP contribution is 2.28. The average molecular weight is 374 g/mol. The molecule has 9 heteroatoms. The van der Waals surface area contributed by atoms with Gasteiger partial charge in [-0.3, -0.25) is 4.79 Å². The lowest BCUT2D eigenvalue weighted by atomic mass is 10.3. The molecular formula is C16H20F2N2O4S. The van der Waals surface area contributed by atoms with Crippen LogP contribution in [0.25, 0.3) is 0 Å². The maximum absolute atomic E-state index is 13.8. The van der Waals surface area contributed by atoms with E-state index in [1.165, 1.54) is 4.90 Å². The number of benzene rings is 1. The van der Waals surface area contributed by atoms with Gasteiger partial charge in [-0.25, -0.2) is 17.2 Å². The van der Waals surface area contributed by atoms with Gasteiger partial charge in [-0.2, -0.15) is 4.31 Å². The second-order valence-electron chi connectivity index (χ2n) is 6.32. The van der Waals surface area contributed by atoms with Gasteiger partial charge in [-0.05, 0) is 37.0 Å². The molecule has 138 valence electrons. The first kappa shape index (κ1) is 18.2. The number of hydrogen-bond acceptors (Lipinski definition) is 4. The van der Waals surface area contributed by atoms with E-state index >= 15 is 0 Å². The third-order valence-electron chi connectivity index (χ3n) is 4.38. The fraction of sp³-hybridized carbons (Fsp3) is 0.562. The zero-order valence-electron chi connectivity index (χ0n) is 13.7. The minimum Gasteiger partial charge on any atom is -0.371 e. The fourth-order valence-corrected chi connectivity index (χ4v) is 4.18. The van der Waals surface area contributed by atoms with Crippen LogP contribution in [0, 0.1) is 17.6 Å². The standard InChI is InChI=1S/C16H20F2N2O4S/c17-13-3-4-14(18)15(9-13)25(22,23)20-7-5-19(6-8-20)16(21)11-24-10-12-1-2-12/h3-4,9,12H,1-2,5-8,10-11H2. The topological polar surface area (TPSA) is 66.9 Å². The van der Waals surface area contributed by atoms with Crippen molar-refractivity contribution in [2.75, 3.05) is 39.4 Å². The van der Waals surface area contributed by atoms with Gasteiger partial charge < -0.3 is 9.64 Å². The molecule has 1 aliphatic heterocycles. The largest absolute Gasteiger partial charge is 0.371 e. The number of nitrogens with zero attached hydrogens (tertiary/aromatic N) is 2. The van der Waals surface area contributed by atoms with Crippen LogP contribution in [0.3, 0.4) is 0 Å². The van der Waals surface area contributed by atoms with Gasteiger partial charge in [-0.15, -0.1) is 0 Å². The van der Waals surface area contributed by atoms with Crippen LogP contribution in [0.4, 0.5) is 8.78 Å². The lowest BCUT2D eigenvalue weighted by Gasteiger charge is -2.34. The molecule has 1 aromatic rings. The highest BCUT2D eigenvalue weighted by atomic mass is 32.2. The Bertz CT molecular complexity index is 745. The summed E-state index contributed by atoms with van der Waals surface area (Å²) in [5, 5.41) is 0. The molecule has 1 aliphatic carbocycles. The van der Waals surface area contributed by atoms with Crippen LogP contribution in [-0.2, 0) is 19.6 Å². The summed E-state index contributed by atoms with van der Waals surface area (Å²) in [4.78, 5) is 12.9. The van der Waals surface area contributed by atoms with Gasteiger partial charge in [0.05, 0.1) is 6.61 Å². The second kappa shape index (κ2) is 7.35. The zero-order valence-corrected chi connectivity index (χ0v) is 14.5. The summed E-state index contributed by atoms with van der Waals surface area (Å²) < 4.78 is 58.4. The van der Waals surface area contributed by atoms with E-state index in [4.69, 9.17) is 4.74 Å². The van der Waals surface area contributed by atoms with Crippen LogP contribution >= 0.6 is 0 Å². The molecule has 0 spiro atoms. The molecule has 0 bridgehead atoms. The number of halogens is 2. The Labute approximate surface area is 145 Å². The van der Waals surface area contributed by atoms with Gasteiger partial charge in [0, 0.05) is 26.2 Å². The van der Waals surface area contributed by atoms with Crippen molar-refractivity contribution in [1.82, 2.24) is 9.21 Å². The minimum absolute atomic E-state index is 0.0121. The summed E-state index contributed by atoms with van der Waals surface area (Å²) in [6.45, 7) is 1.03. The first-order chi connectivity index (χ1) is 11.9. The van der Waals surface area contributed by atoms with Gasteiger partial charge in [0.25, 0.3) is 0 Å². The van der Waals surface area contributed by atoms with Crippen molar-refractivity contribution >= 4 is 15.9 Å². The van der Waals surface area contributed by atoms with Gasteiger partial charge >= 0.3 is 0 Å². The van der Waals surface area contributed by atoms with Gasteiger partial charge in [0.1, 0.15) is 23.1 Å². The monoisotopic (exact) mass is 374 g/mol. The van der Waals surface area contributed by atoms with Gasteiger partial charge in [0.2, 0.25) is 15.9 Å². The first-order valence-electron chi connectivity index (χ1n) is 8.18. The summed E-state index contributed by atoms with van der Waals surface area (Å²) >= 11 is 0. The Hall–Kier alpha value is -1.58. The zero-order chi connectivity index (χ0) is 18.0. The van der Waals surface area contributed by atoms with Crippen LogP contribution in [0.2, 0.25) is 0 Å². The molecule has 3 rings (SSSR count). The summed E-state index contributed by atoms with van der Waals surface area (Å²) in [5.74, 6) is -1.43. The van der Waals surface area contributed by atoms with Crippen molar-refractivity contribution in [3.05, 3.63) is 29.8 Å². The third kappa shape index (κ3) is 4.34. The van der Waals surface area contributed by atoms with Gasteiger partial charge in [-0.1, -0.05) is 0 Å². The third-order valence-corrected chi connectivity index (χ3v) is 6.29. The van der Waals surface area contributed by atoms with Crippen molar-refractivity contribution in [2.45, 2.75) is 17.7 Å². The lowest BCUT2D eigenvalue weighted by Crippen LogP contribution is -2.51. The first-order valence-corrected chi connectivity index (χ1v) is 9.62. The number of hydrogen-bond donors (Lipinski definition) is 0. The molecule has 0 unspecified atom stereocenters. The Balaban J connectivity index is 1.57. The maximum atomic E-state index is 13.8. The molecule has 0 N–H and O–H groups in total. The van der Waals surface area contributed by atoms with Crippen LogP contribution in [0.15, 0.2) is 23.1 Å². The van der Waals surface area contributed by atoms with E-state index < -0.39 is 26.6 Å². The summed E-state index contributed by atoms with van der Waals surface area (Å²) in [6.07, 6.45) is 2.28. The number of ether oxygens (including phenoxy) is 1. The quantitative estimate of drug-likeness (QED) is 0.751. The predicted octanol–water partition coefficient (Wildman–Crippen LogP) is 1.22. The molecule has 1 aromatic carbocycles. The van der Waals surface area contributed by atoms with E-state index in [1.54, 1.807) is 0 Å². The molecule has 0 atom stereocenters. The Kier molecular flexibility index (Phi) is 5.35. The lowest BCUT2D eigenvalue weighted by molar-refractivity contribution is -0.137. The number of amides is 1. The summed E-state index contributed by atoms with van der Waals surface area (Å²) in [7, 11) is -4.14. The molecule has 1 saturated heterocycles. The Morgan fingerprint density at radius 2 is 1.84 bits per heavy atom. The van der Waals surface area contributed by atoms with Crippen molar-refractivity contribution < 1.29 is 26.7 Å². The van der Waals surface area contributed by atoms with Crippen LogP contribution in [-0.4, -0.2) is 62.9 Å². The highest BCUT2D eigenvalue weighted by Gasteiger charge is 2.32. The van der Waals surface area contributed by atoms with E-state index in [-0.39, 0.29) is 38.7 Å². The van der Waals surface area contributed by atoms with Crippen molar-refractivity contribution in [3.63, 3.8) is 0 Å². The molecular weight excluding hydrogens is 354 g/mol. The van der Waals surface area contributed by atoms with Crippen molar-refractivity contribution in [1.29, 1.82) is 0 Å². The fourth-order valence-electron chi connectivity index (χ4n) is 2.68. The van der Waals surface area contributed by atoms with Crippen LogP contribution in [0.5, 0.6) is 0 Å². The normalized spacial score (nSPS) is 19.2. The molecule has 25 heavy (non-hydrogen) atoms. The molecule has 1 amide bonds. The van der Waals surface area contributed by atoms with E-state index in [9.17, 15) is 22.0 Å². The summed E-state index contributed by atoms with van der Waals surface area (Å²) in [6, 6.07) is 2.33. The van der Waals surface area contributed by atoms with Crippen LogP contribution < -0.4 is 0 Å². The number of carbonyl (C=O) groups is 1. The minimum atomic E-state index is -4.14. The predicted molar refractivity (Wildman–Crippen MR) is 85.2 cm³/mol. The second-order valence-corrected chi connectivity index (χ2v) is 8.22. The molecule has 0 radical (unpaired) electrons. The Morgan fingerprint density at radius 3 is 2.48 bits per heavy atom. The highest BCUT2D eigenvalue weighted by molar-refractivity contribution is 7.89. The Morgan fingerprint density at radius 1 is 1.16 bits per heavy atom.